The van der Waals surface area contributed by atoms with Crippen molar-refractivity contribution in [3.63, 3.8) is 0 Å². The van der Waals surface area contributed by atoms with Crippen LogP contribution in [0.1, 0.15) is 34.9 Å². The molecule has 5 heteroatoms. The summed E-state index contributed by atoms with van der Waals surface area (Å²) in [6.07, 6.45) is 5.95. The number of hydrogen-bond donors (Lipinski definition) is 1. The van der Waals surface area contributed by atoms with Gasteiger partial charge in [0.2, 0.25) is 0 Å². The molecular weight excluding hydrogens is 306 g/mol. The SMILES string of the molecule is Cc1ccnc(NC(=O)c2cc(Br)cn2C2CC2)c1. The van der Waals surface area contributed by atoms with Crippen LogP contribution in [0.2, 0.25) is 0 Å². The van der Waals surface area contributed by atoms with Crippen molar-refractivity contribution in [2.75, 3.05) is 5.32 Å². The van der Waals surface area contributed by atoms with Gasteiger partial charge in [-0.3, -0.25) is 4.79 Å². The minimum Gasteiger partial charge on any atom is -0.339 e. The van der Waals surface area contributed by atoms with E-state index in [1.807, 2.05) is 35.9 Å². The van der Waals surface area contributed by atoms with Crippen LogP contribution >= 0.6 is 15.9 Å². The molecule has 1 amide bonds. The first-order valence-corrected chi connectivity index (χ1v) is 7.04. The minimum absolute atomic E-state index is 0.115. The molecule has 2 heterocycles. The zero-order valence-corrected chi connectivity index (χ0v) is 12.1. The molecule has 0 bridgehead atoms. The number of amides is 1. The predicted octanol–water partition coefficient (Wildman–Crippen LogP) is 3.54. The maximum atomic E-state index is 12.3. The lowest BCUT2D eigenvalue weighted by atomic mass is 10.3. The molecule has 1 aliphatic carbocycles. The van der Waals surface area contributed by atoms with Gasteiger partial charge in [0, 0.05) is 22.9 Å². The van der Waals surface area contributed by atoms with E-state index in [0.717, 1.165) is 22.9 Å². The third-order valence-electron chi connectivity index (χ3n) is 3.15. The summed E-state index contributed by atoms with van der Waals surface area (Å²) in [5.74, 6) is 0.473. The van der Waals surface area contributed by atoms with Crippen LogP contribution in [0.5, 0.6) is 0 Å². The van der Waals surface area contributed by atoms with Crippen LogP contribution in [0, 0.1) is 6.92 Å². The molecule has 0 radical (unpaired) electrons. The lowest BCUT2D eigenvalue weighted by Gasteiger charge is -2.08. The molecule has 2 aromatic heterocycles. The summed E-state index contributed by atoms with van der Waals surface area (Å²) in [6.45, 7) is 1.97. The Morgan fingerprint density at radius 2 is 2.26 bits per heavy atom. The fraction of sp³-hybridized carbons (Fsp3) is 0.286. The monoisotopic (exact) mass is 319 g/mol. The summed E-state index contributed by atoms with van der Waals surface area (Å²) in [5, 5.41) is 2.84. The van der Waals surface area contributed by atoms with Gasteiger partial charge in [-0.1, -0.05) is 0 Å². The largest absolute Gasteiger partial charge is 0.339 e. The Labute approximate surface area is 120 Å². The molecule has 3 rings (SSSR count). The number of pyridine rings is 1. The van der Waals surface area contributed by atoms with Gasteiger partial charge in [-0.2, -0.15) is 0 Å². The normalized spacial score (nSPS) is 14.4. The van der Waals surface area contributed by atoms with Gasteiger partial charge >= 0.3 is 0 Å². The van der Waals surface area contributed by atoms with Crippen molar-refractivity contribution in [3.8, 4) is 0 Å². The number of carbonyl (C=O) groups excluding carboxylic acids is 1. The second-order valence-corrected chi connectivity index (χ2v) is 5.77. The Kier molecular flexibility index (Phi) is 3.14. The van der Waals surface area contributed by atoms with Crippen LogP contribution in [0.15, 0.2) is 35.1 Å². The van der Waals surface area contributed by atoms with Crippen LogP contribution in [0.25, 0.3) is 0 Å². The molecule has 0 aromatic carbocycles. The van der Waals surface area contributed by atoms with Crippen LogP contribution in [0.4, 0.5) is 5.82 Å². The van der Waals surface area contributed by atoms with Gasteiger partial charge in [0.15, 0.2) is 0 Å². The summed E-state index contributed by atoms with van der Waals surface area (Å²) in [5.41, 5.74) is 1.75. The Balaban J connectivity index is 1.84. The number of rotatable bonds is 3. The highest BCUT2D eigenvalue weighted by Crippen LogP contribution is 2.37. The molecule has 19 heavy (non-hydrogen) atoms. The first-order valence-electron chi connectivity index (χ1n) is 6.25. The van der Waals surface area contributed by atoms with Gasteiger partial charge in [0.25, 0.3) is 5.91 Å². The highest BCUT2D eigenvalue weighted by molar-refractivity contribution is 9.10. The van der Waals surface area contributed by atoms with E-state index in [1.54, 1.807) is 6.20 Å². The molecule has 1 saturated carbocycles. The zero-order chi connectivity index (χ0) is 13.4. The van der Waals surface area contributed by atoms with Gasteiger partial charge in [-0.15, -0.1) is 0 Å². The Hall–Kier alpha value is -1.62. The third-order valence-corrected chi connectivity index (χ3v) is 3.58. The molecule has 0 spiro atoms. The van der Waals surface area contributed by atoms with E-state index in [-0.39, 0.29) is 5.91 Å². The van der Waals surface area contributed by atoms with Crippen molar-refractivity contribution in [1.82, 2.24) is 9.55 Å². The first kappa shape index (κ1) is 12.4. The second kappa shape index (κ2) is 4.81. The average molecular weight is 320 g/mol. The Morgan fingerprint density at radius 1 is 1.47 bits per heavy atom. The molecule has 1 fully saturated rings. The van der Waals surface area contributed by atoms with Gasteiger partial charge in [-0.25, -0.2) is 4.98 Å². The lowest BCUT2D eigenvalue weighted by molar-refractivity contribution is 0.101. The molecule has 0 aliphatic heterocycles. The van der Waals surface area contributed by atoms with E-state index in [1.165, 1.54) is 0 Å². The maximum Gasteiger partial charge on any atom is 0.273 e. The average Bonchev–Trinajstić information content (AvgIpc) is 3.12. The molecule has 0 saturated heterocycles. The summed E-state index contributed by atoms with van der Waals surface area (Å²) < 4.78 is 2.97. The first-order chi connectivity index (χ1) is 9.13. The second-order valence-electron chi connectivity index (χ2n) is 4.85. The van der Waals surface area contributed by atoms with Crippen LogP contribution in [-0.4, -0.2) is 15.5 Å². The summed E-state index contributed by atoms with van der Waals surface area (Å²) in [7, 11) is 0. The number of nitrogens with one attached hydrogen (secondary N) is 1. The number of anilines is 1. The summed E-state index contributed by atoms with van der Waals surface area (Å²) in [4.78, 5) is 16.4. The van der Waals surface area contributed by atoms with E-state index >= 15 is 0 Å². The molecule has 0 unspecified atom stereocenters. The predicted molar refractivity (Wildman–Crippen MR) is 77.3 cm³/mol. The standard InChI is InChI=1S/C14H14BrN3O/c1-9-4-5-16-13(6-9)17-14(19)12-7-10(15)8-18(12)11-2-3-11/h4-8,11H,2-3H2,1H3,(H,16,17,19). The topological polar surface area (TPSA) is 46.9 Å². The summed E-state index contributed by atoms with van der Waals surface area (Å²) in [6, 6.07) is 6.08. The van der Waals surface area contributed by atoms with Crippen molar-refractivity contribution in [2.24, 2.45) is 0 Å². The maximum absolute atomic E-state index is 12.3. The number of halogens is 1. The quantitative estimate of drug-likeness (QED) is 0.940. The van der Waals surface area contributed by atoms with Crippen molar-refractivity contribution in [2.45, 2.75) is 25.8 Å². The van der Waals surface area contributed by atoms with E-state index in [2.05, 4.69) is 26.2 Å². The third kappa shape index (κ3) is 2.71. The van der Waals surface area contributed by atoms with Crippen LogP contribution in [-0.2, 0) is 0 Å². The number of nitrogens with zero attached hydrogens (tertiary/aromatic N) is 2. The van der Waals surface area contributed by atoms with Crippen LogP contribution in [0.3, 0.4) is 0 Å². The number of aromatic nitrogens is 2. The van der Waals surface area contributed by atoms with E-state index in [9.17, 15) is 4.79 Å². The number of carbonyl (C=O) groups is 1. The van der Waals surface area contributed by atoms with Gasteiger partial charge in [-0.05, 0) is 59.5 Å². The zero-order valence-electron chi connectivity index (χ0n) is 10.6. The van der Waals surface area contributed by atoms with Crippen molar-refractivity contribution >= 4 is 27.7 Å². The Morgan fingerprint density at radius 3 is 2.95 bits per heavy atom. The molecule has 0 atom stereocenters. The molecular formula is C14H14BrN3O. The van der Waals surface area contributed by atoms with E-state index < -0.39 is 0 Å². The highest BCUT2D eigenvalue weighted by atomic mass is 79.9. The number of aryl methyl sites for hydroxylation is 1. The molecule has 4 nitrogen and oxygen atoms in total. The molecule has 2 aromatic rings. The molecule has 1 N–H and O–H groups in total. The fourth-order valence-corrected chi connectivity index (χ4v) is 2.50. The molecule has 98 valence electrons. The Bertz CT molecular complexity index is 631. The van der Waals surface area contributed by atoms with E-state index in [4.69, 9.17) is 0 Å². The van der Waals surface area contributed by atoms with Gasteiger partial charge in [0.05, 0.1) is 0 Å². The van der Waals surface area contributed by atoms with Crippen LogP contribution < -0.4 is 5.32 Å². The van der Waals surface area contributed by atoms with E-state index in [0.29, 0.717) is 17.6 Å². The smallest absolute Gasteiger partial charge is 0.273 e. The fourth-order valence-electron chi connectivity index (χ4n) is 2.07. The minimum atomic E-state index is -0.115. The number of hydrogen-bond acceptors (Lipinski definition) is 2. The van der Waals surface area contributed by atoms with Gasteiger partial charge < -0.3 is 9.88 Å². The van der Waals surface area contributed by atoms with Crippen molar-refractivity contribution in [3.05, 3.63) is 46.3 Å². The van der Waals surface area contributed by atoms with Gasteiger partial charge in [0.1, 0.15) is 11.5 Å². The summed E-state index contributed by atoms with van der Waals surface area (Å²) >= 11 is 3.43. The lowest BCUT2D eigenvalue weighted by Crippen LogP contribution is -2.17. The van der Waals surface area contributed by atoms with Crippen molar-refractivity contribution in [1.29, 1.82) is 0 Å². The molecule has 1 aliphatic rings. The highest BCUT2D eigenvalue weighted by Gasteiger charge is 2.27. The van der Waals surface area contributed by atoms with Crippen molar-refractivity contribution < 1.29 is 4.79 Å².